The number of likely N-dealkylation sites (tertiary alicyclic amines) is 1. The fraction of sp³-hybridized carbons (Fsp3) is 0.533. The Hall–Kier alpha value is -1.89. The van der Waals surface area contributed by atoms with Crippen molar-refractivity contribution in [1.82, 2.24) is 4.90 Å². The molecule has 2 heterocycles. The Kier molecular flexibility index (Phi) is 4.15. The number of hydrogen-bond donors (Lipinski definition) is 0. The van der Waals surface area contributed by atoms with Crippen LogP contribution in [0.2, 0.25) is 0 Å². The van der Waals surface area contributed by atoms with Crippen LogP contribution < -0.4 is 9.64 Å². The van der Waals surface area contributed by atoms with Gasteiger partial charge in [0.2, 0.25) is 0 Å². The number of benzene rings is 1. The van der Waals surface area contributed by atoms with E-state index in [0.717, 1.165) is 18.6 Å². The fourth-order valence-electron chi connectivity index (χ4n) is 2.96. The van der Waals surface area contributed by atoms with E-state index < -0.39 is 11.6 Å². The van der Waals surface area contributed by atoms with Gasteiger partial charge in [0.15, 0.2) is 11.6 Å². The summed E-state index contributed by atoms with van der Waals surface area (Å²) >= 11 is 0. The molecule has 1 atom stereocenters. The number of carbonyl (C=O) groups is 1. The van der Waals surface area contributed by atoms with Crippen LogP contribution in [-0.2, 0) is 4.74 Å². The van der Waals surface area contributed by atoms with E-state index in [1.807, 2.05) is 0 Å². The van der Waals surface area contributed by atoms with Crippen LogP contribution in [-0.4, -0.2) is 50.9 Å². The first-order chi connectivity index (χ1) is 10.6. The first kappa shape index (κ1) is 15.0. The van der Waals surface area contributed by atoms with Gasteiger partial charge >= 0.3 is 6.03 Å². The molecule has 3 rings (SSSR count). The van der Waals surface area contributed by atoms with E-state index in [-0.39, 0.29) is 24.1 Å². The first-order valence-corrected chi connectivity index (χ1v) is 7.27. The number of hydrogen-bond acceptors (Lipinski definition) is 3. The van der Waals surface area contributed by atoms with Crippen molar-refractivity contribution < 1.29 is 23.0 Å². The average molecular weight is 312 g/mol. The Morgan fingerprint density at radius 2 is 2.14 bits per heavy atom. The minimum atomic E-state index is -0.985. The van der Waals surface area contributed by atoms with E-state index in [1.165, 1.54) is 4.90 Å². The van der Waals surface area contributed by atoms with E-state index in [0.29, 0.717) is 32.2 Å². The number of methoxy groups -OCH3 is 1. The van der Waals surface area contributed by atoms with Gasteiger partial charge in [0, 0.05) is 38.2 Å². The molecule has 1 aromatic carbocycles. The van der Waals surface area contributed by atoms with E-state index >= 15 is 0 Å². The van der Waals surface area contributed by atoms with Crippen LogP contribution in [0.15, 0.2) is 12.1 Å². The Morgan fingerprint density at radius 3 is 2.91 bits per heavy atom. The molecule has 1 fully saturated rings. The maximum atomic E-state index is 13.5. The second-order valence-corrected chi connectivity index (χ2v) is 5.57. The van der Waals surface area contributed by atoms with Crippen LogP contribution >= 0.6 is 0 Å². The van der Waals surface area contributed by atoms with Crippen molar-refractivity contribution in [3.8, 4) is 5.75 Å². The zero-order valence-corrected chi connectivity index (χ0v) is 12.3. The van der Waals surface area contributed by atoms with Gasteiger partial charge in [0.1, 0.15) is 12.4 Å². The van der Waals surface area contributed by atoms with Crippen LogP contribution in [0.4, 0.5) is 19.3 Å². The molecular weight excluding hydrogens is 294 g/mol. The number of nitrogens with zero attached hydrogens (tertiary/aromatic N) is 2. The molecule has 0 spiro atoms. The van der Waals surface area contributed by atoms with Crippen molar-refractivity contribution in [1.29, 1.82) is 0 Å². The molecular formula is C15H18F2N2O3. The van der Waals surface area contributed by atoms with Crippen molar-refractivity contribution in [2.24, 2.45) is 5.92 Å². The van der Waals surface area contributed by atoms with Crippen molar-refractivity contribution in [3.05, 3.63) is 23.8 Å². The van der Waals surface area contributed by atoms with Gasteiger partial charge in [-0.15, -0.1) is 0 Å². The Bertz CT molecular complexity index is 582. The summed E-state index contributed by atoms with van der Waals surface area (Å²) in [6.45, 7) is 2.46. The predicted octanol–water partition coefficient (Wildman–Crippen LogP) is 2.25. The Labute approximate surface area is 127 Å². The zero-order valence-electron chi connectivity index (χ0n) is 12.3. The van der Waals surface area contributed by atoms with Crippen LogP contribution in [0.5, 0.6) is 5.75 Å². The maximum Gasteiger partial charge on any atom is 0.324 e. The molecule has 0 N–H and O–H groups in total. The van der Waals surface area contributed by atoms with Crippen molar-refractivity contribution in [3.63, 3.8) is 0 Å². The largest absolute Gasteiger partial charge is 0.489 e. The molecule has 0 aliphatic carbocycles. The summed E-state index contributed by atoms with van der Waals surface area (Å²) in [5.41, 5.74) is 0.283. The first-order valence-electron chi connectivity index (χ1n) is 7.27. The van der Waals surface area contributed by atoms with E-state index in [9.17, 15) is 13.6 Å². The summed E-state index contributed by atoms with van der Waals surface area (Å²) in [5, 5.41) is 0. The van der Waals surface area contributed by atoms with E-state index in [2.05, 4.69) is 0 Å². The molecule has 0 aromatic heterocycles. The van der Waals surface area contributed by atoms with Crippen molar-refractivity contribution in [2.75, 3.05) is 44.9 Å². The molecule has 2 aliphatic rings. The van der Waals surface area contributed by atoms with Gasteiger partial charge in [0.25, 0.3) is 0 Å². The molecule has 120 valence electrons. The second-order valence-electron chi connectivity index (χ2n) is 5.57. The van der Waals surface area contributed by atoms with E-state index in [1.54, 1.807) is 12.0 Å². The number of anilines is 1. The quantitative estimate of drug-likeness (QED) is 0.841. The summed E-state index contributed by atoms with van der Waals surface area (Å²) in [7, 11) is 1.64. The van der Waals surface area contributed by atoms with Gasteiger partial charge in [-0.2, -0.15) is 0 Å². The smallest absolute Gasteiger partial charge is 0.324 e. The number of halogens is 2. The number of fused-ring (bicyclic) bond motifs is 1. The molecule has 0 radical (unpaired) electrons. The second kappa shape index (κ2) is 6.08. The van der Waals surface area contributed by atoms with Gasteiger partial charge in [0.05, 0.1) is 18.8 Å². The van der Waals surface area contributed by atoms with Crippen LogP contribution in [0.1, 0.15) is 6.42 Å². The minimum absolute atomic E-state index is 0.200. The van der Waals surface area contributed by atoms with Crippen molar-refractivity contribution in [2.45, 2.75) is 6.42 Å². The highest BCUT2D eigenvalue weighted by Gasteiger charge is 2.33. The van der Waals surface area contributed by atoms with Crippen LogP contribution in [0.25, 0.3) is 0 Å². The van der Waals surface area contributed by atoms with Gasteiger partial charge in [-0.3, -0.25) is 4.90 Å². The van der Waals surface area contributed by atoms with Crippen molar-refractivity contribution >= 4 is 11.7 Å². The third kappa shape index (κ3) is 2.72. The highest BCUT2D eigenvalue weighted by molar-refractivity contribution is 5.94. The van der Waals surface area contributed by atoms with Gasteiger partial charge in [-0.1, -0.05) is 0 Å². The molecule has 0 bridgehead atoms. The molecule has 0 saturated carbocycles. The number of ether oxygens (including phenoxy) is 2. The maximum absolute atomic E-state index is 13.5. The lowest BCUT2D eigenvalue weighted by Crippen LogP contribution is -2.46. The molecule has 7 heteroatoms. The summed E-state index contributed by atoms with van der Waals surface area (Å²) in [6.07, 6.45) is 0.883. The third-order valence-corrected chi connectivity index (χ3v) is 4.05. The predicted molar refractivity (Wildman–Crippen MR) is 76.2 cm³/mol. The summed E-state index contributed by atoms with van der Waals surface area (Å²) in [4.78, 5) is 15.8. The third-order valence-electron chi connectivity index (χ3n) is 4.05. The highest BCUT2D eigenvalue weighted by Crippen LogP contribution is 2.34. The normalized spacial score (nSPS) is 20.8. The van der Waals surface area contributed by atoms with Crippen LogP contribution in [0, 0.1) is 17.6 Å². The summed E-state index contributed by atoms with van der Waals surface area (Å²) in [5.74, 6) is -1.44. The zero-order chi connectivity index (χ0) is 15.7. The SMILES string of the molecule is COC[C@H]1CCN(C(=O)N2CCOc3cc(F)c(F)cc32)C1. The summed E-state index contributed by atoms with van der Waals surface area (Å²) < 4.78 is 37.2. The lowest BCUT2D eigenvalue weighted by Gasteiger charge is -2.32. The molecule has 1 aromatic rings. The molecule has 1 saturated heterocycles. The van der Waals surface area contributed by atoms with E-state index in [4.69, 9.17) is 9.47 Å². The molecule has 5 nitrogen and oxygen atoms in total. The monoisotopic (exact) mass is 312 g/mol. The number of rotatable bonds is 2. The Balaban J connectivity index is 1.79. The average Bonchev–Trinajstić information content (AvgIpc) is 2.96. The lowest BCUT2D eigenvalue weighted by molar-refractivity contribution is 0.154. The topological polar surface area (TPSA) is 42.0 Å². The standard InChI is InChI=1S/C15H18F2N2O3/c1-21-9-10-2-3-18(8-10)15(20)19-4-5-22-14-7-12(17)11(16)6-13(14)19/h6-7,10H,2-5,8-9H2,1H3/t10-/m0/s1. The molecule has 22 heavy (non-hydrogen) atoms. The van der Waals surface area contributed by atoms with Gasteiger partial charge < -0.3 is 14.4 Å². The van der Waals surface area contributed by atoms with Crippen LogP contribution in [0.3, 0.4) is 0 Å². The molecule has 2 amide bonds. The van der Waals surface area contributed by atoms with Gasteiger partial charge in [-0.25, -0.2) is 13.6 Å². The summed E-state index contributed by atoms with van der Waals surface area (Å²) in [6, 6.07) is 1.81. The minimum Gasteiger partial charge on any atom is -0.489 e. The fourth-order valence-corrected chi connectivity index (χ4v) is 2.96. The number of urea groups is 1. The number of carbonyl (C=O) groups excluding carboxylic acids is 1. The Morgan fingerprint density at radius 1 is 1.36 bits per heavy atom. The van der Waals surface area contributed by atoms with Gasteiger partial charge in [-0.05, 0) is 6.42 Å². The molecule has 2 aliphatic heterocycles. The number of amides is 2. The highest BCUT2D eigenvalue weighted by atomic mass is 19.2. The lowest BCUT2D eigenvalue weighted by atomic mass is 10.1. The molecule has 0 unspecified atom stereocenters.